The topological polar surface area (TPSA) is 72.0 Å². The van der Waals surface area contributed by atoms with Gasteiger partial charge in [0, 0.05) is 21.3 Å². The fourth-order valence-corrected chi connectivity index (χ4v) is 1.73. The first-order valence-electron chi connectivity index (χ1n) is 4.46. The van der Waals surface area contributed by atoms with E-state index in [-0.39, 0.29) is 10.9 Å². The largest absolute Gasteiger partial charge is 0.505 e. The Balaban J connectivity index is 0.000000180. The maximum absolute atomic E-state index is 8.88. The van der Waals surface area contributed by atoms with Gasteiger partial charge in [-0.05, 0) is 44.0 Å². The predicted molar refractivity (Wildman–Crippen MR) is 80.0 cm³/mol. The van der Waals surface area contributed by atoms with E-state index >= 15 is 0 Å². The van der Waals surface area contributed by atoms with Crippen molar-refractivity contribution in [2.24, 2.45) is 0 Å². The number of pyridine rings is 2. The fourth-order valence-electron chi connectivity index (χ4n) is 0.850. The third kappa shape index (κ3) is 4.97. The molecule has 0 atom stereocenters. The number of rotatable bonds is 0. The maximum atomic E-state index is 8.88. The second-order valence-electron chi connectivity index (χ2n) is 3.00. The molecule has 0 amide bonds. The van der Waals surface area contributed by atoms with Crippen LogP contribution in [0.2, 0.25) is 10.3 Å². The highest BCUT2D eigenvalue weighted by atomic mass is 79.9. The van der Waals surface area contributed by atoms with Crippen molar-refractivity contribution in [3.05, 3.63) is 43.8 Å². The second kappa shape index (κ2) is 7.13. The lowest BCUT2D eigenvalue weighted by Gasteiger charge is -1.94. The van der Waals surface area contributed by atoms with E-state index < -0.39 is 0 Å². The average Bonchev–Trinajstić information content (AvgIpc) is 2.30. The summed E-state index contributed by atoms with van der Waals surface area (Å²) in [4.78, 5) is 7.42. The molecule has 4 nitrogen and oxygen atoms in total. The van der Waals surface area contributed by atoms with Crippen LogP contribution in [0.1, 0.15) is 0 Å². The molecule has 18 heavy (non-hydrogen) atoms. The Morgan fingerprint density at radius 1 is 1.00 bits per heavy atom. The Labute approximate surface area is 130 Å². The first-order chi connectivity index (χ1) is 8.40. The quantitative estimate of drug-likeness (QED) is 0.630. The summed E-state index contributed by atoms with van der Waals surface area (Å²) >= 11 is 17.2. The molecule has 2 heterocycles. The summed E-state index contributed by atoms with van der Waals surface area (Å²) in [5.41, 5.74) is 5.89. The zero-order valence-electron chi connectivity index (χ0n) is 8.74. The molecule has 0 saturated carbocycles. The monoisotopic (exact) mass is 413 g/mol. The van der Waals surface area contributed by atoms with Gasteiger partial charge in [0.15, 0.2) is 16.1 Å². The Morgan fingerprint density at radius 2 is 1.50 bits per heavy atom. The lowest BCUT2D eigenvalue weighted by Crippen LogP contribution is -1.87. The van der Waals surface area contributed by atoms with Crippen LogP contribution in [0.5, 0.6) is 5.75 Å². The van der Waals surface area contributed by atoms with Crippen molar-refractivity contribution >= 4 is 60.7 Å². The summed E-state index contributed by atoms with van der Waals surface area (Å²) in [7, 11) is 0. The third-order valence-corrected chi connectivity index (χ3v) is 3.09. The minimum atomic E-state index is -0.00829. The van der Waals surface area contributed by atoms with Crippen LogP contribution in [0.15, 0.2) is 33.5 Å². The van der Waals surface area contributed by atoms with Crippen LogP contribution < -0.4 is 5.73 Å². The van der Waals surface area contributed by atoms with Crippen molar-refractivity contribution in [2.75, 3.05) is 5.73 Å². The summed E-state index contributed by atoms with van der Waals surface area (Å²) in [5, 5.41) is 9.34. The number of aromatic hydroxyl groups is 1. The summed E-state index contributed by atoms with van der Waals surface area (Å²) < 4.78 is 1.55. The summed E-state index contributed by atoms with van der Waals surface area (Å²) in [6.45, 7) is 0. The van der Waals surface area contributed by atoms with Crippen LogP contribution in [-0.2, 0) is 0 Å². The molecule has 2 rings (SSSR count). The number of nitrogens with two attached hydrogens (primary N) is 1. The zero-order chi connectivity index (χ0) is 13.7. The van der Waals surface area contributed by atoms with Crippen LogP contribution >= 0.6 is 55.1 Å². The van der Waals surface area contributed by atoms with E-state index in [1.165, 1.54) is 12.3 Å². The van der Waals surface area contributed by atoms with Crippen molar-refractivity contribution in [2.45, 2.75) is 0 Å². The number of nitrogens with zero attached hydrogens (tertiary/aromatic N) is 2. The standard InChI is InChI=1S/C5H4BrClN2.C5H3BrClNO/c6-3-1-4(8)5(7)9-2-3;6-3-1-4(9)5(7)8-2-3/h1-2H,8H2;1-2,9H. The van der Waals surface area contributed by atoms with Gasteiger partial charge in [-0.15, -0.1) is 0 Å². The van der Waals surface area contributed by atoms with Crippen molar-refractivity contribution in [3.63, 3.8) is 0 Å². The molecule has 8 heteroatoms. The Kier molecular flexibility index (Phi) is 6.14. The lowest BCUT2D eigenvalue weighted by atomic mass is 10.4. The van der Waals surface area contributed by atoms with Gasteiger partial charge >= 0.3 is 0 Å². The molecule has 0 aliphatic heterocycles. The molecule has 0 bridgehead atoms. The second-order valence-corrected chi connectivity index (χ2v) is 5.54. The highest BCUT2D eigenvalue weighted by Crippen LogP contribution is 2.23. The SMILES string of the molecule is Nc1cc(Br)cnc1Cl.Oc1cc(Br)cnc1Cl. The molecule has 2 aromatic heterocycles. The van der Waals surface area contributed by atoms with Crippen molar-refractivity contribution in [1.29, 1.82) is 0 Å². The number of aromatic nitrogens is 2. The molecule has 0 saturated heterocycles. The average molecular weight is 416 g/mol. The number of nitrogen functional groups attached to an aromatic ring is 1. The summed E-state index contributed by atoms with van der Waals surface area (Å²) in [5.74, 6) is -0.00829. The molecule has 0 aliphatic rings. The van der Waals surface area contributed by atoms with Crippen LogP contribution in [0, 0.1) is 0 Å². The van der Waals surface area contributed by atoms with Crippen LogP contribution in [0.3, 0.4) is 0 Å². The van der Waals surface area contributed by atoms with E-state index in [9.17, 15) is 0 Å². The summed E-state index contributed by atoms with van der Waals surface area (Å²) in [6.07, 6.45) is 3.11. The first kappa shape index (κ1) is 15.5. The molecule has 0 spiro atoms. The minimum absolute atomic E-state index is 0.00829. The van der Waals surface area contributed by atoms with Gasteiger partial charge in [0.25, 0.3) is 0 Å². The first-order valence-corrected chi connectivity index (χ1v) is 6.81. The van der Waals surface area contributed by atoms with Gasteiger partial charge in [0.1, 0.15) is 0 Å². The third-order valence-electron chi connectivity index (χ3n) is 1.62. The van der Waals surface area contributed by atoms with E-state index in [1.807, 2.05) is 0 Å². The fraction of sp³-hybridized carbons (Fsp3) is 0. The van der Waals surface area contributed by atoms with E-state index in [4.69, 9.17) is 34.0 Å². The Morgan fingerprint density at radius 3 is 1.89 bits per heavy atom. The minimum Gasteiger partial charge on any atom is -0.505 e. The van der Waals surface area contributed by atoms with Gasteiger partial charge in [-0.1, -0.05) is 23.2 Å². The van der Waals surface area contributed by atoms with Gasteiger partial charge in [0.2, 0.25) is 0 Å². The lowest BCUT2D eigenvalue weighted by molar-refractivity contribution is 0.472. The van der Waals surface area contributed by atoms with Gasteiger partial charge in [-0.25, -0.2) is 9.97 Å². The van der Waals surface area contributed by atoms with E-state index in [0.717, 1.165) is 4.47 Å². The molecular formula is C10H7Br2Cl2N3O. The highest BCUT2D eigenvalue weighted by molar-refractivity contribution is 9.10. The molecule has 0 aliphatic carbocycles. The molecule has 2 aromatic rings. The smallest absolute Gasteiger partial charge is 0.170 e. The molecule has 0 radical (unpaired) electrons. The van der Waals surface area contributed by atoms with Crippen LogP contribution in [-0.4, -0.2) is 15.1 Å². The van der Waals surface area contributed by atoms with Crippen molar-refractivity contribution < 1.29 is 5.11 Å². The van der Waals surface area contributed by atoms with Crippen LogP contribution in [0.25, 0.3) is 0 Å². The van der Waals surface area contributed by atoms with Gasteiger partial charge < -0.3 is 10.8 Å². The summed E-state index contributed by atoms with van der Waals surface area (Å²) in [6, 6.07) is 3.19. The van der Waals surface area contributed by atoms with E-state index in [1.54, 1.807) is 12.3 Å². The molecular weight excluding hydrogens is 409 g/mol. The van der Waals surface area contributed by atoms with E-state index in [0.29, 0.717) is 15.3 Å². The van der Waals surface area contributed by atoms with Gasteiger partial charge in [0.05, 0.1) is 5.69 Å². The number of halogens is 4. The normalized spacial score (nSPS) is 9.56. The molecule has 0 aromatic carbocycles. The van der Waals surface area contributed by atoms with Gasteiger partial charge in [-0.3, -0.25) is 0 Å². The predicted octanol–water partition coefficient (Wildman–Crippen LogP) is 4.28. The van der Waals surface area contributed by atoms with Crippen LogP contribution in [0.4, 0.5) is 5.69 Å². The van der Waals surface area contributed by atoms with Crippen molar-refractivity contribution in [1.82, 2.24) is 9.97 Å². The Bertz CT molecular complexity index is 505. The maximum Gasteiger partial charge on any atom is 0.170 e. The Hall–Kier alpha value is -0.560. The number of anilines is 1. The van der Waals surface area contributed by atoms with E-state index in [2.05, 4.69) is 41.8 Å². The van der Waals surface area contributed by atoms with Gasteiger partial charge in [-0.2, -0.15) is 0 Å². The highest BCUT2D eigenvalue weighted by Gasteiger charge is 1.97. The van der Waals surface area contributed by atoms with Crippen molar-refractivity contribution in [3.8, 4) is 5.75 Å². The number of hydrogen-bond acceptors (Lipinski definition) is 4. The molecule has 96 valence electrons. The number of hydrogen-bond donors (Lipinski definition) is 2. The molecule has 0 fully saturated rings. The molecule has 0 unspecified atom stereocenters. The molecule has 3 N–H and O–H groups in total. The zero-order valence-corrected chi connectivity index (χ0v) is 13.4.